The van der Waals surface area contributed by atoms with E-state index in [0.717, 1.165) is 44.8 Å². The van der Waals surface area contributed by atoms with Gasteiger partial charge in [-0.3, -0.25) is 4.98 Å². The van der Waals surface area contributed by atoms with E-state index in [0.29, 0.717) is 0 Å². The standard InChI is InChI=1S/C53H36N2/c1-4-16-37(17-5-1)43-34-50(38-18-6-2-7-19-38)55-51(35-43)42-23-13-21-40(33-42)39-20-12-22-41(32-39)46-28-14-30-49-52(46)47-27-10-11-29-48(47)53(49,44-24-8-3-9-25-44)45-26-15-31-54-36-45/h1-36H. The van der Waals surface area contributed by atoms with E-state index in [1.165, 1.54) is 44.5 Å². The first-order chi connectivity index (χ1) is 27.3. The molecule has 2 aromatic heterocycles. The lowest BCUT2D eigenvalue weighted by atomic mass is 9.68. The molecular formula is C53H36N2. The molecule has 0 amide bonds. The lowest BCUT2D eigenvalue weighted by molar-refractivity contribution is 0.763. The number of aromatic nitrogens is 2. The Morgan fingerprint density at radius 1 is 0.327 bits per heavy atom. The maximum absolute atomic E-state index is 5.22. The number of fused-ring (bicyclic) bond motifs is 3. The third-order valence-corrected chi connectivity index (χ3v) is 11.0. The summed E-state index contributed by atoms with van der Waals surface area (Å²) in [5, 5.41) is 0. The second-order valence-electron chi connectivity index (χ2n) is 14.2. The first-order valence-electron chi connectivity index (χ1n) is 18.8. The third-order valence-electron chi connectivity index (χ3n) is 11.0. The highest BCUT2D eigenvalue weighted by molar-refractivity contribution is 5.96. The zero-order chi connectivity index (χ0) is 36.6. The Morgan fingerprint density at radius 2 is 0.855 bits per heavy atom. The molecule has 258 valence electrons. The van der Waals surface area contributed by atoms with Gasteiger partial charge in [0.2, 0.25) is 0 Å². The second kappa shape index (κ2) is 13.7. The van der Waals surface area contributed by atoms with Crippen molar-refractivity contribution < 1.29 is 0 Å². The summed E-state index contributed by atoms with van der Waals surface area (Å²) in [5.74, 6) is 0. The molecule has 10 rings (SSSR count). The minimum atomic E-state index is -0.497. The molecule has 1 aliphatic rings. The van der Waals surface area contributed by atoms with Crippen molar-refractivity contribution in [3.8, 4) is 67.0 Å². The molecule has 0 spiro atoms. The fourth-order valence-corrected chi connectivity index (χ4v) is 8.59. The SMILES string of the molecule is c1ccc(-c2cc(-c3ccccc3)nc(-c3cccc(-c4cccc(-c5cccc6c5-c5ccccc5C6(c5ccccc5)c5cccnc5)c4)c3)c2)cc1. The van der Waals surface area contributed by atoms with Gasteiger partial charge in [-0.25, -0.2) is 4.98 Å². The number of hydrogen-bond donors (Lipinski definition) is 0. The van der Waals surface area contributed by atoms with Crippen molar-refractivity contribution in [2.45, 2.75) is 5.41 Å². The van der Waals surface area contributed by atoms with Gasteiger partial charge in [0.25, 0.3) is 0 Å². The molecule has 1 unspecified atom stereocenters. The summed E-state index contributed by atoms with van der Waals surface area (Å²) in [6.07, 6.45) is 3.89. The van der Waals surface area contributed by atoms with Gasteiger partial charge in [0.1, 0.15) is 0 Å². The topological polar surface area (TPSA) is 25.8 Å². The van der Waals surface area contributed by atoms with Crippen LogP contribution in [0.1, 0.15) is 22.3 Å². The molecule has 0 N–H and O–H groups in total. The van der Waals surface area contributed by atoms with Crippen LogP contribution in [0.3, 0.4) is 0 Å². The van der Waals surface area contributed by atoms with Gasteiger partial charge in [0.15, 0.2) is 0 Å². The minimum absolute atomic E-state index is 0.497. The van der Waals surface area contributed by atoms with Crippen molar-refractivity contribution in [2.24, 2.45) is 0 Å². The van der Waals surface area contributed by atoms with Gasteiger partial charge in [-0.2, -0.15) is 0 Å². The van der Waals surface area contributed by atoms with Crippen LogP contribution in [-0.2, 0) is 5.41 Å². The fourth-order valence-electron chi connectivity index (χ4n) is 8.59. The van der Waals surface area contributed by atoms with Crippen LogP contribution in [0.2, 0.25) is 0 Å². The first-order valence-corrected chi connectivity index (χ1v) is 18.8. The van der Waals surface area contributed by atoms with Crippen LogP contribution in [0.4, 0.5) is 0 Å². The van der Waals surface area contributed by atoms with E-state index < -0.39 is 5.41 Å². The minimum Gasteiger partial charge on any atom is -0.264 e. The third kappa shape index (κ3) is 5.59. The highest BCUT2D eigenvalue weighted by atomic mass is 14.7. The van der Waals surface area contributed by atoms with E-state index >= 15 is 0 Å². The average molecular weight is 701 g/mol. The van der Waals surface area contributed by atoms with Crippen molar-refractivity contribution in [1.82, 2.24) is 9.97 Å². The molecule has 0 saturated carbocycles. The molecule has 55 heavy (non-hydrogen) atoms. The Morgan fingerprint density at radius 3 is 1.58 bits per heavy atom. The van der Waals surface area contributed by atoms with E-state index in [-0.39, 0.29) is 0 Å². The quantitative estimate of drug-likeness (QED) is 0.165. The van der Waals surface area contributed by atoms with Crippen molar-refractivity contribution in [3.63, 3.8) is 0 Å². The molecule has 0 aliphatic heterocycles. The van der Waals surface area contributed by atoms with Gasteiger partial charge in [0.05, 0.1) is 16.8 Å². The lowest BCUT2D eigenvalue weighted by Gasteiger charge is -2.33. The highest BCUT2D eigenvalue weighted by Gasteiger charge is 2.46. The van der Waals surface area contributed by atoms with E-state index in [9.17, 15) is 0 Å². The molecule has 1 atom stereocenters. The maximum Gasteiger partial charge on any atom is 0.0728 e. The summed E-state index contributed by atoms with van der Waals surface area (Å²) in [4.78, 5) is 9.86. The number of hydrogen-bond acceptors (Lipinski definition) is 2. The zero-order valence-electron chi connectivity index (χ0n) is 30.2. The van der Waals surface area contributed by atoms with Gasteiger partial charge in [-0.1, -0.05) is 176 Å². The summed E-state index contributed by atoms with van der Waals surface area (Å²) < 4.78 is 0. The summed E-state index contributed by atoms with van der Waals surface area (Å²) in [6.45, 7) is 0. The molecule has 0 saturated heterocycles. The number of rotatable bonds is 7. The van der Waals surface area contributed by atoms with Crippen LogP contribution in [0, 0.1) is 0 Å². The van der Waals surface area contributed by atoms with Gasteiger partial charge < -0.3 is 0 Å². The summed E-state index contributed by atoms with van der Waals surface area (Å²) in [6, 6.07) is 74.1. The van der Waals surface area contributed by atoms with E-state index in [1.807, 2.05) is 18.5 Å². The van der Waals surface area contributed by atoms with Crippen LogP contribution in [-0.4, -0.2) is 9.97 Å². The Hall–Kier alpha value is -7.16. The lowest BCUT2D eigenvalue weighted by Crippen LogP contribution is -2.28. The molecule has 0 fully saturated rings. The number of pyridine rings is 2. The molecule has 0 radical (unpaired) electrons. The van der Waals surface area contributed by atoms with Crippen LogP contribution in [0.25, 0.3) is 67.0 Å². The van der Waals surface area contributed by atoms with Crippen molar-refractivity contribution >= 4 is 0 Å². The molecule has 2 nitrogen and oxygen atoms in total. The maximum atomic E-state index is 5.22. The van der Waals surface area contributed by atoms with Crippen molar-refractivity contribution in [3.05, 3.63) is 241 Å². The zero-order valence-corrected chi connectivity index (χ0v) is 30.2. The summed E-state index contributed by atoms with van der Waals surface area (Å²) in [5.41, 5.74) is 18.1. The van der Waals surface area contributed by atoms with Crippen LogP contribution < -0.4 is 0 Å². The molecular weight excluding hydrogens is 665 g/mol. The molecule has 7 aromatic carbocycles. The molecule has 2 heteroatoms. The average Bonchev–Trinajstić information content (AvgIpc) is 3.59. The van der Waals surface area contributed by atoms with E-state index in [4.69, 9.17) is 4.98 Å². The van der Waals surface area contributed by atoms with Gasteiger partial charge in [-0.15, -0.1) is 0 Å². The second-order valence-corrected chi connectivity index (χ2v) is 14.2. The van der Waals surface area contributed by atoms with Gasteiger partial charge in [-0.05, 0) is 97.1 Å². The number of benzene rings is 7. The van der Waals surface area contributed by atoms with Gasteiger partial charge >= 0.3 is 0 Å². The Kier molecular flexibility index (Phi) is 8.08. The fraction of sp³-hybridized carbons (Fsp3) is 0.0189. The predicted molar refractivity (Wildman–Crippen MR) is 227 cm³/mol. The monoisotopic (exact) mass is 700 g/mol. The smallest absolute Gasteiger partial charge is 0.0728 e. The Balaban J connectivity index is 1.11. The van der Waals surface area contributed by atoms with E-state index in [2.05, 4.69) is 205 Å². The van der Waals surface area contributed by atoms with E-state index in [1.54, 1.807) is 0 Å². The summed E-state index contributed by atoms with van der Waals surface area (Å²) in [7, 11) is 0. The van der Waals surface area contributed by atoms with Crippen LogP contribution >= 0.6 is 0 Å². The normalized spacial score (nSPS) is 14.3. The van der Waals surface area contributed by atoms with Crippen LogP contribution in [0.5, 0.6) is 0 Å². The predicted octanol–water partition coefficient (Wildman–Crippen LogP) is 13.2. The Labute approximate surface area is 322 Å². The largest absolute Gasteiger partial charge is 0.264 e. The van der Waals surface area contributed by atoms with Crippen molar-refractivity contribution in [2.75, 3.05) is 0 Å². The molecule has 1 aliphatic carbocycles. The molecule has 2 heterocycles. The molecule has 0 bridgehead atoms. The van der Waals surface area contributed by atoms with Crippen molar-refractivity contribution in [1.29, 1.82) is 0 Å². The van der Waals surface area contributed by atoms with Crippen LogP contribution in [0.15, 0.2) is 219 Å². The highest BCUT2D eigenvalue weighted by Crippen LogP contribution is 2.58. The Bertz CT molecular complexity index is 2700. The first kappa shape index (κ1) is 32.5. The summed E-state index contributed by atoms with van der Waals surface area (Å²) >= 11 is 0. The van der Waals surface area contributed by atoms with Gasteiger partial charge in [0, 0.05) is 23.5 Å². The number of nitrogens with zero attached hydrogens (tertiary/aromatic N) is 2. The molecule has 9 aromatic rings.